The van der Waals surface area contributed by atoms with E-state index in [4.69, 9.17) is 5.11 Å². The van der Waals surface area contributed by atoms with Crippen molar-refractivity contribution in [2.24, 2.45) is 5.92 Å². The van der Waals surface area contributed by atoms with Crippen molar-refractivity contribution in [3.05, 3.63) is 38.3 Å². The molecule has 112 valence electrons. The Balaban J connectivity index is 2.18. The first-order valence-corrected chi connectivity index (χ1v) is 7.15. The Morgan fingerprint density at radius 2 is 1.95 bits per heavy atom. The van der Waals surface area contributed by atoms with Gasteiger partial charge in [-0.25, -0.2) is 0 Å². The van der Waals surface area contributed by atoms with E-state index in [2.05, 4.69) is 15.9 Å². The van der Waals surface area contributed by atoms with Gasteiger partial charge in [-0.05, 0) is 25.0 Å². The van der Waals surface area contributed by atoms with Crippen molar-refractivity contribution in [3.63, 3.8) is 0 Å². The number of nitrogens with zero attached hydrogens (tertiary/aromatic N) is 2. The molecule has 0 spiro atoms. The van der Waals surface area contributed by atoms with Gasteiger partial charge in [0.15, 0.2) is 0 Å². The Morgan fingerprint density at radius 1 is 1.33 bits per heavy atom. The second-order valence-electron chi connectivity index (χ2n) is 4.82. The quantitative estimate of drug-likeness (QED) is 0.661. The molecule has 21 heavy (non-hydrogen) atoms. The van der Waals surface area contributed by atoms with Crippen LogP contribution >= 0.6 is 15.9 Å². The average molecular weight is 357 g/mol. The van der Waals surface area contributed by atoms with Crippen LogP contribution in [0.25, 0.3) is 0 Å². The van der Waals surface area contributed by atoms with Crippen LogP contribution in [0.2, 0.25) is 0 Å². The third-order valence-electron chi connectivity index (χ3n) is 3.52. The van der Waals surface area contributed by atoms with Crippen LogP contribution in [-0.4, -0.2) is 39.9 Å². The minimum atomic E-state index is -0.864. The topological polar surface area (TPSA) is 101 Å². The molecular formula is C13H13BrN2O5. The van der Waals surface area contributed by atoms with Gasteiger partial charge in [-0.15, -0.1) is 0 Å². The van der Waals surface area contributed by atoms with Gasteiger partial charge in [0.05, 0.1) is 10.8 Å². The van der Waals surface area contributed by atoms with Crippen molar-refractivity contribution in [3.8, 4) is 0 Å². The van der Waals surface area contributed by atoms with Crippen molar-refractivity contribution in [2.45, 2.75) is 12.8 Å². The number of hydrogen-bond acceptors (Lipinski definition) is 4. The summed E-state index contributed by atoms with van der Waals surface area (Å²) >= 11 is 3.14. The normalized spacial score (nSPS) is 15.8. The molecule has 1 aromatic rings. The lowest BCUT2D eigenvalue weighted by Crippen LogP contribution is -2.40. The number of amides is 1. The van der Waals surface area contributed by atoms with Gasteiger partial charge in [0.2, 0.25) is 0 Å². The fourth-order valence-electron chi connectivity index (χ4n) is 2.34. The zero-order valence-corrected chi connectivity index (χ0v) is 12.6. The van der Waals surface area contributed by atoms with Gasteiger partial charge in [0.25, 0.3) is 11.6 Å². The van der Waals surface area contributed by atoms with Crippen LogP contribution in [-0.2, 0) is 4.79 Å². The van der Waals surface area contributed by atoms with E-state index >= 15 is 0 Å². The predicted octanol–water partition coefficient (Wildman–Crippen LogP) is 2.29. The van der Waals surface area contributed by atoms with E-state index in [0.717, 1.165) is 0 Å². The molecule has 1 aliphatic rings. The fourth-order valence-corrected chi connectivity index (χ4v) is 2.69. The van der Waals surface area contributed by atoms with Crippen LogP contribution in [0.5, 0.6) is 0 Å². The van der Waals surface area contributed by atoms with Gasteiger partial charge < -0.3 is 10.0 Å². The Hall–Kier alpha value is -1.96. The molecule has 0 atom stereocenters. The Morgan fingerprint density at radius 3 is 2.48 bits per heavy atom. The number of carboxylic acids is 1. The van der Waals surface area contributed by atoms with Gasteiger partial charge in [-0.1, -0.05) is 15.9 Å². The van der Waals surface area contributed by atoms with E-state index in [9.17, 15) is 19.7 Å². The molecule has 0 saturated carbocycles. The summed E-state index contributed by atoms with van der Waals surface area (Å²) in [6, 6.07) is 4.27. The minimum Gasteiger partial charge on any atom is -0.481 e. The zero-order valence-electron chi connectivity index (χ0n) is 11.0. The standard InChI is InChI=1S/C13H13BrN2O5/c14-9-1-2-10(11(7-9)16(20)21)12(17)15-5-3-8(4-6-15)13(18)19/h1-2,7-8H,3-6H2,(H,18,19). The average Bonchev–Trinajstić information content (AvgIpc) is 2.46. The summed E-state index contributed by atoms with van der Waals surface area (Å²) in [5, 5.41) is 20.0. The molecule has 0 unspecified atom stereocenters. The van der Waals surface area contributed by atoms with Gasteiger partial charge in [-0.3, -0.25) is 19.7 Å². The molecule has 8 heteroatoms. The Bertz CT molecular complexity index is 596. The van der Waals surface area contributed by atoms with Gasteiger partial charge in [0, 0.05) is 23.6 Å². The van der Waals surface area contributed by atoms with Crippen LogP contribution in [0.4, 0.5) is 5.69 Å². The first-order chi connectivity index (χ1) is 9.90. The molecule has 2 rings (SSSR count). The summed E-state index contributed by atoms with van der Waals surface area (Å²) < 4.78 is 0.523. The summed E-state index contributed by atoms with van der Waals surface area (Å²) in [5.41, 5.74) is -0.230. The lowest BCUT2D eigenvalue weighted by atomic mass is 9.96. The first kappa shape index (κ1) is 15.4. The highest BCUT2D eigenvalue weighted by Crippen LogP contribution is 2.26. The van der Waals surface area contributed by atoms with Crippen LogP contribution in [0.15, 0.2) is 22.7 Å². The Labute approximate surface area is 128 Å². The van der Waals surface area contributed by atoms with Crippen molar-refractivity contribution in [1.82, 2.24) is 4.90 Å². The second kappa shape index (κ2) is 6.21. The minimum absolute atomic E-state index is 0.0250. The lowest BCUT2D eigenvalue weighted by Gasteiger charge is -2.30. The highest BCUT2D eigenvalue weighted by molar-refractivity contribution is 9.10. The van der Waals surface area contributed by atoms with Crippen molar-refractivity contribution < 1.29 is 19.6 Å². The number of carbonyl (C=O) groups excluding carboxylic acids is 1. The number of piperidine rings is 1. The van der Waals surface area contributed by atoms with Crippen molar-refractivity contribution >= 4 is 33.5 Å². The van der Waals surface area contributed by atoms with E-state index < -0.39 is 22.7 Å². The summed E-state index contributed by atoms with van der Waals surface area (Å²) in [6.45, 7) is 0.589. The van der Waals surface area contributed by atoms with E-state index in [1.54, 1.807) is 6.07 Å². The summed E-state index contributed by atoms with van der Waals surface area (Å²) in [7, 11) is 0. The molecule has 1 fully saturated rings. The number of carbonyl (C=O) groups is 2. The summed E-state index contributed by atoms with van der Waals surface area (Å²) in [6.07, 6.45) is 0.733. The molecule has 1 aromatic carbocycles. The maximum absolute atomic E-state index is 12.4. The summed E-state index contributed by atoms with van der Waals surface area (Å²) in [5.74, 6) is -1.75. The van der Waals surface area contributed by atoms with Gasteiger partial charge >= 0.3 is 5.97 Å². The van der Waals surface area contributed by atoms with E-state index in [1.807, 2.05) is 0 Å². The maximum Gasteiger partial charge on any atom is 0.306 e. The molecule has 1 amide bonds. The number of nitro benzene ring substituents is 1. The third-order valence-corrected chi connectivity index (χ3v) is 4.01. The molecule has 1 heterocycles. The molecule has 0 aromatic heterocycles. The molecule has 1 aliphatic heterocycles. The molecule has 0 bridgehead atoms. The number of carboxylic acid groups (broad SMARTS) is 1. The van der Waals surface area contributed by atoms with Crippen molar-refractivity contribution in [1.29, 1.82) is 0 Å². The number of nitro groups is 1. The number of benzene rings is 1. The maximum atomic E-state index is 12.4. The highest BCUT2D eigenvalue weighted by atomic mass is 79.9. The van der Waals surface area contributed by atoms with Crippen LogP contribution < -0.4 is 0 Å². The number of rotatable bonds is 3. The van der Waals surface area contributed by atoms with Gasteiger partial charge in [-0.2, -0.15) is 0 Å². The van der Waals surface area contributed by atoms with Crippen LogP contribution in [0.1, 0.15) is 23.2 Å². The summed E-state index contributed by atoms with van der Waals surface area (Å²) in [4.78, 5) is 35.2. The third kappa shape index (κ3) is 3.38. The fraction of sp³-hybridized carbons (Fsp3) is 0.385. The molecule has 1 saturated heterocycles. The molecule has 0 aliphatic carbocycles. The smallest absolute Gasteiger partial charge is 0.306 e. The first-order valence-electron chi connectivity index (χ1n) is 6.36. The molecular weight excluding hydrogens is 344 g/mol. The number of hydrogen-bond donors (Lipinski definition) is 1. The second-order valence-corrected chi connectivity index (χ2v) is 5.74. The zero-order chi connectivity index (χ0) is 15.6. The number of halogens is 1. The van der Waals surface area contributed by atoms with E-state index in [-0.39, 0.29) is 11.3 Å². The van der Waals surface area contributed by atoms with Gasteiger partial charge in [0.1, 0.15) is 5.56 Å². The lowest BCUT2D eigenvalue weighted by molar-refractivity contribution is -0.385. The monoisotopic (exact) mass is 356 g/mol. The molecule has 1 N–H and O–H groups in total. The number of aliphatic carboxylic acids is 1. The highest BCUT2D eigenvalue weighted by Gasteiger charge is 2.30. The number of likely N-dealkylation sites (tertiary alicyclic amines) is 1. The molecule has 0 radical (unpaired) electrons. The predicted molar refractivity (Wildman–Crippen MR) is 77.1 cm³/mol. The van der Waals surface area contributed by atoms with Crippen LogP contribution in [0.3, 0.4) is 0 Å². The van der Waals surface area contributed by atoms with Crippen LogP contribution in [0, 0.1) is 16.0 Å². The van der Waals surface area contributed by atoms with E-state index in [1.165, 1.54) is 17.0 Å². The largest absolute Gasteiger partial charge is 0.481 e. The Kier molecular flexibility index (Phi) is 4.56. The van der Waals surface area contributed by atoms with E-state index in [0.29, 0.717) is 30.4 Å². The SMILES string of the molecule is O=C(O)C1CCN(C(=O)c2ccc(Br)cc2[N+](=O)[O-])CC1. The molecule has 7 nitrogen and oxygen atoms in total. The van der Waals surface area contributed by atoms with Crippen molar-refractivity contribution in [2.75, 3.05) is 13.1 Å².